The topological polar surface area (TPSA) is 113 Å². The summed E-state index contributed by atoms with van der Waals surface area (Å²) in [6.45, 7) is 2.44. The first kappa shape index (κ1) is 28.1. The van der Waals surface area contributed by atoms with Gasteiger partial charge in [-0.25, -0.2) is 9.18 Å². The number of nitriles is 1. The van der Waals surface area contributed by atoms with E-state index in [0.29, 0.717) is 40.7 Å². The minimum atomic E-state index is -0.589. The molecule has 42 heavy (non-hydrogen) atoms. The van der Waals surface area contributed by atoms with Crippen LogP contribution in [0.5, 0.6) is 28.7 Å². The van der Waals surface area contributed by atoms with Crippen LogP contribution in [-0.2, 0) is 6.61 Å². The van der Waals surface area contributed by atoms with Crippen LogP contribution in [0.1, 0.15) is 39.9 Å². The lowest BCUT2D eigenvalue weighted by atomic mass is 9.83. The van der Waals surface area contributed by atoms with E-state index < -0.39 is 11.9 Å². The Morgan fingerprint density at radius 1 is 0.976 bits per heavy atom. The maximum atomic E-state index is 13.2. The molecule has 1 heterocycles. The number of benzene rings is 4. The Kier molecular flexibility index (Phi) is 8.25. The Morgan fingerprint density at radius 2 is 1.76 bits per heavy atom. The van der Waals surface area contributed by atoms with Gasteiger partial charge in [-0.15, -0.1) is 0 Å². The van der Waals surface area contributed by atoms with Crippen LogP contribution < -0.4 is 29.4 Å². The quantitative estimate of drug-likeness (QED) is 0.187. The van der Waals surface area contributed by atoms with Crippen molar-refractivity contribution in [1.29, 1.82) is 5.26 Å². The van der Waals surface area contributed by atoms with Gasteiger partial charge >= 0.3 is 5.97 Å². The van der Waals surface area contributed by atoms with Crippen LogP contribution in [0.3, 0.4) is 0 Å². The van der Waals surface area contributed by atoms with Crippen molar-refractivity contribution >= 4 is 5.97 Å². The summed E-state index contributed by atoms with van der Waals surface area (Å²) in [6.07, 6.45) is 0. The molecule has 8 nitrogen and oxygen atoms in total. The van der Waals surface area contributed by atoms with E-state index >= 15 is 0 Å². The van der Waals surface area contributed by atoms with Crippen LogP contribution in [0.15, 0.2) is 96.4 Å². The highest BCUT2D eigenvalue weighted by Crippen LogP contribution is 2.45. The molecule has 1 unspecified atom stereocenters. The van der Waals surface area contributed by atoms with Gasteiger partial charge in [0.05, 0.1) is 19.6 Å². The number of fused-ring (bicyclic) bond motifs is 1. The maximum absolute atomic E-state index is 13.2. The molecule has 4 aromatic rings. The van der Waals surface area contributed by atoms with Gasteiger partial charge in [0.2, 0.25) is 5.88 Å². The number of methoxy groups -OCH3 is 1. The summed E-state index contributed by atoms with van der Waals surface area (Å²) >= 11 is 0. The lowest BCUT2D eigenvalue weighted by molar-refractivity contribution is 0.0730. The number of allylic oxidation sites excluding steroid dienone is 1. The van der Waals surface area contributed by atoms with Gasteiger partial charge in [0.15, 0.2) is 11.5 Å². The number of para-hydroxylation sites is 1. The molecule has 0 spiro atoms. The molecule has 0 aliphatic carbocycles. The molecular formula is C33H27FN2O6. The summed E-state index contributed by atoms with van der Waals surface area (Å²) < 4.78 is 41.7. The largest absolute Gasteiger partial charge is 0.493 e. The molecule has 4 aromatic carbocycles. The molecular weight excluding hydrogens is 539 g/mol. The van der Waals surface area contributed by atoms with E-state index in [1.807, 2.05) is 13.0 Å². The normalized spacial score (nSPS) is 13.8. The number of nitrogens with zero attached hydrogens (tertiary/aromatic N) is 1. The highest BCUT2D eigenvalue weighted by molar-refractivity contribution is 5.94. The Morgan fingerprint density at radius 3 is 2.50 bits per heavy atom. The third-order valence-corrected chi connectivity index (χ3v) is 6.64. The first-order chi connectivity index (χ1) is 20.4. The van der Waals surface area contributed by atoms with Gasteiger partial charge in [-0.2, -0.15) is 5.26 Å². The second kappa shape index (κ2) is 12.4. The van der Waals surface area contributed by atoms with E-state index in [4.69, 9.17) is 29.4 Å². The number of ether oxygens (including phenoxy) is 5. The number of halogens is 1. The van der Waals surface area contributed by atoms with Gasteiger partial charge in [0, 0.05) is 11.6 Å². The molecule has 1 aliphatic rings. The second-order valence-electron chi connectivity index (χ2n) is 9.27. The number of hydrogen-bond acceptors (Lipinski definition) is 8. The minimum Gasteiger partial charge on any atom is -0.493 e. The monoisotopic (exact) mass is 566 g/mol. The van der Waals surface area contributed by atoms with Gasteiger partial charge in [0.25, 0.3) is 0 Å². The summed E-state index contributed by atoms with van der Waals surface area (Å²) in [5.74, 6) is 0.362. The Balaban J connectivity index is 1.42. The lowest BCUT2D eigenvalue weighted by Gasteiger charge is -2.27. The van der Waals surface area contributed by atoms with Crippen molar-refractivity contribution in [2.75, 3.05) is 13.7 Å². The van der Waals surface area contributed by atoms with Crippen molar-refractivity contribution in [1.82, 2.24) is 0 Å². The van der Waals surface area contributed by atoms with Crippen LogP contribution in [0.2, 0.25) is 0 Å². The van der Waals surface area contributed by atoms with Gasteiger partial charge < -0.3 is 29.4 Å². The SMILES string of the molecule is CCOc1ccccc1C(=O)Oc1ccc2c(c1)OC(N)=C(C#N)C2c1ccc(OCc2ccc(F)cc2)c(OC)c1. The zero-order chi connectivity index (χ0) is 29.6. The number of carbonyl (C=O) groups is 1. The predicted molar refractivity (Wildman–Crippen MR) is 152 cm³/mol. The van der Waals surface area contributed by atoms with Crippen LogP contribution in [-0.4, -0.2) is 19.7 Å². The van der Waals surface area contributed by atoms with E-state index in [2.05, 4.69) is 6.07 Å². The predicted octanol–water partition coefficient (Wildman–Crippen LogP) is 6.25. The second-order valence-corrected chi connectivity index (χ2v) is 9.27. The Labute approximate surface area is 242 Å². The molecule has 0 fully saturated rings. The average molecular weight is 567 g/mol. The molecule has 2 N–H and O–H groups in total. The molecule has 0 bridgehead atoms. The van der Waals surface area contributed by atoms with Gasteiger partial charge in [-0.3, -0.25) is 0 Å². The highest BCUT2D eigenvalue weighted by Gasteiger charge is 2.32. The minimum absolute atomic E-state index is 0.0595. The maximum Gasteiger partial charge on any atom is 0.347 e. The fraction of sp³-hybridized carbons (Fsp3) is 0.152. The summed E-state index contributed by atoms with van der Waals surface area (Å²) in [5, 5.41) is 9.97. The Bertz CT molecular complexity index is 1690. The summed E-state index contributed by atoms with van der Waals surface area (Å²) in [5.41, 5.74) is 8.84. The van der Waals surface area contributed by atoms with E-state index in [1.165, 1.54) is 19.2 Å². The summed E-state index contributed by atoms with van der Waals surface area (Å²) in [4.78, 5) is 12.9. The first-order valence-electron chi connectivity index (χ1n) is 13.1. The molecule has 212 valence electrons. The van der Waals surface area contributed by atoms with Crippen molar-refractivity contribution in [3.05, 3.63) is 124 Å². The van der Waals surface area contributed by atoms with Crippen molar-refractivity contribution in [2.45, 2.75) is 19.4 Å². The van der Waals surface area contributed by atoms with E-state index in [1.54, 1.807) is 66.7 Å². The van der Waals surface area contributed by atoms with Crippen LogP contribution in [0.25, 0.3) is 0 Å². The fourth-order valence-electron chi connectivity index (χ4n) is 4.65. The molecule has 0 saturated carbocycles. The fourth-order valence-corrected chi connectivity index (χ4v) is 4.65. The van der Waals surface area contributed by atoms with E-state index in [0.717, 1.165) is 5.56 Å². The molecule has 0 aromatic heterocycles. The van der Waals surface area contributed by atoms with Crippen LogP contribution in [0, 0.1) is 17.1 Å². The van der Waals surface area contributed by atoms with Crippen molar-refractivity contribution in [3.8, 4) is 34.8 Å². The zero-order valence-corrected chi connectivity index (χ0v) is 22.9. The third-order valence-electron chi connectivity index (χ3n) is 6.64. The summed E-state index contributed by atoms with van der Waals surface area (Å²) in [7, 11) is 1.52. The molecule has 0 amide bonds. The standard InChI is InChI=1S/C33H27FN2O6/c1-3-39-27-7-5-4-6-25(27)33(37)41-23-13-14-24-29(17-23)42-32(36)26(18-35)31(24)21-10-15-28(30(16-21)38-2)40-19-20-8-11-22(34)12-9-20/h4-17,31H,3,19,36H2,1-2H3. The molecule has 1 atom stereocenters. The van der Waals surface area contributed by atoms with E-state index in [9.17, 15) is 14.4 Å². The molecule has 0 saturated heterocycles. The summed E-state index contributed by atoms with van der Waals surface area (Å²) in [6, 6.07) is 25.2. The highest BCUT2D eigenvalue weighted by atomic mass is 19.1. The first-order valence-corrected chi connectivity index (χ1v) is 13.1. The molecule has 9 heteroatoms. The average Bonchev–Trinajstić information content (AvgIpc) is 3.00. The molecule has 1 aliphatic heterocycles. The van der Waals surface area contributed by atoms with Crippen LogP contribution >= 0.6 is 0 Å². The van der Waals surface area contributed by atoms with Crippen molar-refractivity contribution in [3.63, 3.8) is 0 Å². The van der Waals surface area contributed by atoms with E-state index in [-0.39, 0.29) is 35.2 Å². The van der Waals surface area contributed by atoms with Crippen LogP contribution in [0.4, 0.5) is 4.39 Å². The molecule has 5 rings (SSSR count). The smallest absolute Gasteiger partial charge is 0.347 e. The van der Waals surface area contributed by atoms with Crippen molar-refractivity contribution in [2.24, 2.45) is 5.73 Å². The van der Waals surface area contributed by atoms with Gasteiger partial charge in [-0.1, -0.05) is 36.4 Å². The van der Waals surface area contributed by atoms with Crippen molar-refractivity contribution < 1.29 is 32.9 Å². The molecule has 0 radical (unpaired) electrons. The third kappa shape index (κ3) is 5.83. The Hall–Kier alpha value is -5.49. The van der Waals surface area contributed by atoms with Gasteiger partial charge in [0.1, 0.15) is 46.9 Å². The number of hydrogen-bond donors (Lipinski definition) is 1. The number of esters is 1. The lowest BCUT2D eigenvalue weighted by Crippen LogP contribution is -2.21. The number of carbonyl (C=O) groups excluding carboxylic acids is 1. The number of rotatable bonds is 9. The van der Waals surface area contributed by atoms with Gasteiger partial charge in [-0.05, 0) is 60.5 Å². The number of nitrogens with two attached hydrogens (primary N) is 1. The zero-order valence-electron chi connectivity index (χ0n) is 22.9.